The highest BCUT2D eigenvalue weighted by Crippen LogP contribution is 2.48. The molecule has 0 spiro atoms. The maximum atomic E-state index is 10.7. The fourth-order valence-corrected chi connectivity index (χ4v) is 5.55. The molecule has 0 aromatic carbocycles. The van der Waals surface area contributed by atoms with Gasteiger partial charge in [0.05, 0.1) is 5.60 Å². The Balaban J connectivity index is 2.72. The van der Waals surface area contributed by atoms with Crippen LogP contribution in [0.1, 0.15) is 46.5 Å². The van der Waals surface area contributed by atoms with Crippen molar-refractivity contribution < 1.29 is 5.11 Å². The summed E-state index contributed by atoms with van der Waals surface area (Å²) in [6, 6.07) is 1.21. The lowest BCUT2D eigenvalue weighted by molar-refractivity contribution is 0.0209. The molecule has 1 aliphatic rings. The molecule has 2 heteroatoms. The van der Waals surface area contributed by atoms with Crippen molar-refractivity contribution in [1.82, 2.24) is 0 Å². The zero-order chi connectivity index (χ0) is 15.6. The summed E-state index contributed by atoms with van der Waals surface area (Å²) in [6.45, 7) is 17.9. The second-order valence-electron chi connectivity index (χ2n) is 8.35. The molecule has 1 nitrogen and oxygen atoms in total. The molecular weight excluding hydrogens is 260 g/mol. The minimum absolute atomic E-state index is 0.424. The fourth-order valence-electron chi connectivity index (χ4n) is 3.51. The van der Waals surface area contributed by atoms with Crippen LogP contribution in [0.4, 0.5) is 0 Å². The van der Waals surface area contributed by atoms with Gasteiger partial charge in [-0.05, 0) is 58.3 Å². The van der Waals surface area contributed by atoms with Gasteiger partial charge in [-0.3, -0.25) is 0 Å². The van der Waals surface area contributed by atoms with Crippen molar-refractivity contribution >= 4 is 8.07 Å². The number of hydrogen-bond donors (Lipinski definition) is 1. The summed E-state index contributed by atoms with van der Waals surface area (Å²) in [5.74, 6) is 0.954. The molecule has 0 saturated heterocycles. The number of hydrogen-bond acceptors (Lipinski definition) is 1. The third-order valence-electron chi connectivity index (χ3n) is 4.62. The van der Waals surface area contributed by atoms with Crippen molar-refractivity contribution in [2.24, 2.45) is 11.8 Å². The monoisotopic (exact) mass is 294 g/mol. The SMILES string of the molecule is C=C(CCC=C(C)C)[C@@H]1CC[C@@](C)(O)[C@H]1C[Si](C)(C)C. The van der Waals surface area contributed by atoms with Crippen molar-refractivity contribution in [3.63, 3.8) is 0 Å². The molecule has 0 bridgehead atoms. The van der Waals surface area contributed by atoms with Gasteiger partial charge in [-0.2, -0.15) is 0 Å². The molecule has 1 saturated carbocycles. The van der Waals surface area contributed by atoms with E-state index in [-0.39, 0.29) is 0 Å². The minimum Gasteiger partial charge on any atom is -0.390 e. The van der Waals surface area contributed by atoms with Crippen LogP contribution in [0.2, 0.25) is 25.7 Å². The Hall–Kier alpha value is -0.343. The zero-order valence-electron chi connectivity index (χ0n) is 14.4. The lowest BCUT2D eigenvalue weighted by Gasteiger charge is -2.34. The van der Waals surface area contributed by atoms with E-state index in [9.17, 15) is 5.11 Å². The summed E-state index contributed by atoms with van der Waals surface area (Å²) < 4.78 is 0. The van der Waals surface area contributed by atoms with E-state index in [1.165, 1.54) is 17.2 Å². The molecule has 0 aliphatic heterocycles. The van der Waals surface area contributed by atoms with Gasteiger partial charge in [-0.1, -0.05) is 49.5 Å². The normalized spacial score (nSPS) is 30.4. The first-order valence-electron chi connectivity index (χ1n) is 8.06. The quantitative estimate of drug-likeness (QED) is 0.513. The molecule has 0 unspecified atom stereocenters. The molecule has 1 rings (SSSR count). The van der Waals surface area contributed by atoms with Gasteiger partial charge < -0.3 is 5.11 Å². The zero-order valence-corrected chi connectivity index (χ0v) is 15.4. The molecule has 1 aliphatic carbocycles. The molecule has 0 amide bonds. The minimum atomic E-state index is -1.16. The number of allylic oxidation sites excluding steroid dienone is 3. The van der Waals surface area contributed by atoms with Crippen LogP contribution in [0.15, 0.2) is 23.8 Å². The predicted molar refractivity (Wildman–Crippen MR) is 92.8 cm³/mol. The first-order chi connectivity index (χ1) is 9.03. The third kappa shape index (κ3) is 5.21. The van der Waals surface area contributed by atoms with Crippen LogP contribution in [-0.2, 0) is 0 Å². The smallest absolute Gasteiger partial charge is 0.0651 e. The molecule has 1 fully saturated rings. The maximum absolute atomic E-state index is 10.7. The Kier molecular flexibility index (Phi) is 5.86. The van der Waals surface area contributed by atoms with E-state index in [0.717, 1.165) is 25.7 Å². The summed E-state index contributed by atoms with van der Waals surface area (Å²) in [4.78, 5) is 0. The van der Waals surface area contributed by atoms with Crippen LogP contribution in [0, 0.1) is 11.8 Å². The number of aliphatic hydroxyl groups is 1. The van der Waals surface area contributed by atoms with E-state index in [4.69, 9.17) is 0 Å². The van der Waals surface area contributed by atoms with Crippen LogP contribution < -0.4 is 0 Å². The molecule has 0 aromatic heterocycles. The molecule has 0 aromatic rings. The Labute approximate surface area is 127 Å². The van der Waals surface area contributed by atoms with Gasteiger partial charge in [-0.15, -0.1) is 0 Å². The van der Waals surface area contributed by atoms with Gasteiger partial charge in [0.25, 0.3) is 0 Å². The summed E-state index contributed by atoms with van der Waals surface area (Å²) in [5, 5.41) is 10.7. The largest absolute Gasteiger partial charge is 0.390 e. The average molecular weight is 295 g/mol. The average Bonchev–Trinajstić information content (AvgIpc) is 2.52. The first-order valence-corrected chi connectivity index (χ1v) is 11.8. The summed E-state index contributed by atoms with van der Waals surface area (Å²) >= 11 is 0. The second-order valence-corrected chi connectivity index (χ2v) is 13.9. The summed E-state index contributed by atoms with van der Waals surface area (Å²) in [5.41, 5.74) is 2.27. The molecule has 0 heterocycles. The van der Waals surface area contributed by atoms with E-state index >= 15 is 0 Å². The Bertz CT molecular complexity index is 369. The van der Waals surface area contributed by atoms with Crippen LogP contribution in [-0.4, -0.2) is 18.8 Å². The molecule has 0 radical (unpaired) electrons. The van der Waals surface area contributed by atoms with Crippen LogP contribution in [0.3, 0.4) is 0 Å². The Morgan fingerprint density at radius 1 is 1.35 bits per heavy atom. The highest BCUT2D eigenvalue weighted by atomic mass is 28.3. The third-order valence-corrected chi connectivity index (χ3v) is 6.29. The Morgan fingerprint density at radius 2 is 1.95 bits per heavy atom. The van der Waals surface area contributed by atoms with Crippen molar-refractivity contribution in [3.05, 3.63) is 23.8 Å². The van der Waals surface area contributed by atoms with Gasteiger partial charge >= 0.3 is 0 Å². The van der Waals surface area contributed by atoms with E-state index in [1.807, 2.05) is 6.92 Å². The molecule has 1 N–H and O–H groups in total. The molecule has 20 heavy (non-hydrogen) atoms. The molecule has 3 atom stereocenters. The van der Waals surface area contributed by atoms with Gasteiger partial charge in [0, 0.05) is 8.07 Å². The number of rotatable bonds is 6. The predicted octanol–water partition coefficient (Wildman–Crippen LogP) is 5.40. The van der Waals surface area contributed by atoms with Gasteiger partial charge in [-0.25, -0.2) is 0 Å². The molecular formula is C18H34OSi. The Morgan fingerprint density at radius 3 is 2.45 bits per heavy atom. The first kappa shape index (κ1) is 17.7. The van der Waals surface area contributed by atoms with Crippen molar-refractivity contribution in [2.75, 3.05) is 0 Å². The highest BCUT2D eigenvalue weighted by Gasteiger charge is 2.45. The van der Waals surface area contributed by atoms with Crippen molar-refractivity contribution in [1.29, 1.82) is 0 Å². The molecule has 116 valence electrons. The van der Waals surface area contributed by atoms with E-state index < -0.39 is 13.7 Å². The van der Waals surface area contributed by atoms with Gasteiger partial charge in [0.2, 0.25) is 0 Å². The van der Waals surface area contributed by atoms with E-state index in [0.29, 0.717) is 11.8 Å². The lowest BCUT2D eigenvalue weighted by Crippen LogP contribution is -2.38. The van der Waals surface area contributed by atoms with E-state index in [2.05, 4.69) is 46.1 Å². The lowest BCUT2D eigenvalue weighted by atomic mass is 9.83. The highest BCUT2D eigenvalue weighted by molar-refractivity contribution is 6.76. The second kappa shape index (κ2) is 6.61. The summed E-state index contributed by atoms with van der Waals surface area (Å²) in [6.07, 6.45) is 6.53. The standard InChI is InChI=1S/C18H34OSi/c1-14(2)9-8-10-15(3)16-11-12-18(4,19)17(16)13-20(5,6)7/h9,16-17,19H,3,8,10-13H2,1-2,4-7H3/t16-,17-,18+/m0/s1. The fraction of sp³-hybridized carbons (Fsp3) is 0.778. The van der Waals surface area contributed by atoms with Crippen molar-refractivity contribution in [3.8, 4) is 0 Å². The van der Waals surface area contributed by atoms with E-state index in [1.54, 1.807) is 0 Å². The van der Waals surface area contributed by atoms with Gasteiger partial charge in [0.1, 0.15) is 0 Å². The maximum Gasteiger partial charge on any atom is 0.0651 e. The van der Waals surface area contributed by atoms with Crippen LogP contribution in [0.25, 0.3) is 0 Å². The van der Waals surface area contributed by atoms with Crippen LogP contribution >= 0.6 is 0 Å². The van der Waals surface area contributed by atoms with Gasteiger partial charge in [0.15, 0.2) is 0 Å². The summed E-state index contributed by atoms with van der Waals surface area (Å²) in [7, 11) is -1.16. The topological polar surface area (TPSA) is 20.2 Å². The van der Waals surface area contributed by atoms with Crippen molar-refractivity contribution in [2.45, 2.75) is 77.7 Å². The van der Waals surface area contributed by atoms with Crippen LogP contribution in [0.5, 0.6) is 0 Å².